The first-order chi connectivity index (χ1) is 15.0. The maximum atomic E-state index is 13.1. The second-order valence-electron chi connectivity index (χ2n) is 7.44. The molecule has 0 saturated carbocycles. The van der Waals surface area contributed by atoms with Gasteiger partial charge in [-0.15, -0.1) is 0 Å². The molecule has 0 aliphatic heterocycles. The highest BCUT2D eigenvalue weighted by Gasteiger charge is 2.23. The van der Waals surface area contributed by atoms with Crippen LogP contribution in [0.1, 0.15) is 23.5 Å². The van der Waals surface area contributed by atoms with Crippen molar-refractivity contribution in [1.29, 1.82) is 0 Å². The number of hydrogen-bond donors (Lipinski definition) is 1. The third-order valence-corrected chi connectivity index (χ3v) is 6.72. The van der Waals surface area contributed by atoms with E-state index in [-0.39, 0.29) is 10.8 Å². The predicted molar refractivity (Wildman–Crippen MR) is 123 cm³/mol. The van der Waals surface area contributed by atoms with Crippen LogP contribution in [0.25, 0.3) is 11.3 Å². The number of benzene rings is 3. The van der Waals surface area contributed by atoms with Crippen LogP contribution in [-0.2, 0) is 17.1 Å². The van der Waals surface area contributed by atoms with Gasteiger partial charge in [0.15, 0.2) is 0 Å². The van der Waals surface area contributed by atoms with E-state index in [0.717, 1.165) is 5.56 Å². The monoisotopic (exact) mass is 431 g/mol. The average Bonchev–Trinajstić information content (AvgIpc) is 3.21. The Morgan fingerprint density at radius 1 is 0.839 bits per heavy atom. The maximum absolute atomic E-state index is 13.1. The van der Waals surface area contributed by atoms with Crippen molar-refractivity contribution in [2.75, 3.05) is 6.54 Å². The zero-order chi connectivity index (χ0) is 21.7. The van der Waals surface area contributed by atoms with Crippen molar-refractivity contribution >= 4 is 10.0 Å². The van der Waals surface area contributed by atoms with E-state index in [9.17, 15) is 8.42 Å². The largest absolute Gasteiger partial charge is 0.274 e. The molecule has 4 rings (SSSR count). The maximum Gasteiger partial charge on any atom is 0.244 e. The smallest absolute Gasteiger partial charge is 0.244 e. The molecule has 4 aromatic rings. The van der Waals surface area contributed by atoms with Gasteiger partial charge in [0.1, 0.15) is 10.6 Å². The molecule has 0 radical (unpaired) electrons. The van der Waals surface area contributed by atoms with Crippen molar-refractivity contribution in [2.24, 2.45) is 7.05 Å². The highest BCUT2D eigenvalue weighted by atomic mass is 32.2. The van der Waals surface area contributed by atoms with Crippen molar-refractivity contribution in [3.05, 3.63) is 108 Å². The Bertz CT molecular complexity index is 1180. The molecular weight excluding hydrogens is 406 g/mol. The van der Waals surface area contributed by atoms with E-state index in [4.69, 9.17) is 0 Å². The fraction of sp³-hybridized carbons (Fsp3) is 0.160. The Balaban J connectivity index is 1.55. The Kier molecular flexibility index (Phi) is 6.30. The summed E-state index contributed by atoms with van der Waals surface area (Å²) in [6, 6.07) is 29.7. The van der Waals surface area contributed by atoms with E-state index < -0.39 is 10.0 Å². The minimum absolute atomic E-state index is 0.104. The van der Waals surface area contributed by atoms with Crippen LogP contribution in [0.4, 0.5) is 0 Å². The minimum atomic E-state index is -3.71. The molecule has 158 valence electrons. The Hall–Kier alpha value is -3.22. The molecule has 31 heavy (non-hydrogen) atoms. The summed E-state index contributed by atoms with van der Waals surface area (Å²) in [4.78, 5) is 0.192. The zero-order valence-corrected chi connectivity index (χ0v) is 18.2. The van der Waals surface area contributed by atoms with Gasteiger partial charge in [-0.2, -0.15) is 5.10 Å². The zero-order valence-electron chi connectivity index (χ0n) is 17.3. The van der Waals surface area contributed by atoms with Gasteiger partial charge in [-0.1, -0.05) is 91.0 Å². The number of nitrogens with zero attached hydrogens (tertiary/aromatic N) is 2. The molecule has 6 heteroatoms. The van der Waals surface area contributed by atoms with Gasteiger partial charge in [0.25, 0.3) is 0 Å². The van der Waals surface area contributed by atoms with E-state index in [0.29, 0.717) is 18.7 Å². The van der Waals surface area contributed by atoms with Gasteiger partial charge < -0.3 is 0 Å². The Labute approximate surface area is 183 Å². The topological polar surface area (TPSA) is 64.0 Å². The summed E-state index contributed by atoms with van der Waals surface area (Å²) < 4.78 is 30.6. The van der Waals surface area contributed by atoms with Crippen LogP contribution in [-0.4, -0.2) is 24.7 Å². The van der Waals surface area contributed by atoms with Crippen molar-refractivity contribution < 1.29 is 8.42 Å². The molecule has 0 aliphatic carbocycles. The molecule has 1 N–H and O–H groups in total. The molecule has 0 unspecified atom stereocenters. The first-order valence-electron chi connectivity index (χ1n) is 10.2. The van der Waals surface area contributed by atoms with E-state index in [1.807, 2.05) is 66.7 Å². The van der Waals surface area contributed by atoms with Gasteiger partial charge in [-0.05, 0) is 17.5 Å². The number of aromatic nitrogens is 2. The first kappa shape index (κ1) is 21.0. The normalized spacial score (nSPS) is 11.7. The summed E-state index contributed by atoms with van der Waals surface area (Å²) in [6.45, 7) is 0.319. The van der Waals surface area contributed by atoms with Gasteiger partial charge in [0.2, 0.25) is 10.0 Å². The van der Waals surface area contributed by atoms with Gasteiger partial charge in [0.05, 0.1) is 0 Å². The standard InChI is InChI=1S/C25H25N3O2S/c1-28-19-24(25(27-28)22-15-9-4-10-16-22)31(29,30)26-18-17-23(20-11-5-2-6-12-20)21-13-7-3-8-14-21/h2-16,19,23,26H,17-18H2,1H3. The highest BCUT2D eigenvalue weighted by molar-refractivity contribution is 7.89. The lowest BCUT2D eigenvalue weighted by molar-refractivity contribution is 0.575. The van der Waals surface area contributed by atoms with Crippen LogP contribution in [0.15, 0.2) is 102 Å². The minimum Gasteiger partial charge on any atom is -0.274 e. The van der Waals surface area contributed by atoms with E-state index >= 15 is 0 Å². The summed E-state index contributed by atoms with van der Waals surface area (Å²) >= 11 is 0. The quantitative estimate of drug-likeness (QED) is 0.444. The Morgan fingerprint density at radius 2 is 1.35 bits per heavy atom. The van der Waals surface area contributed by atoms with E-state index in [1.165, 1.54) is 15.8 Å². The third kappa shape index (κ3) is 4.93. The molecule has 0 amide bonds. The lowest BCUT2D eigenvalue weighted by Gasteiger charge is -2.18. The third-order valence-electron chi connectivity index (χ3n) is 5.26. The molecule has 0 bridgehead atoms. The molecule has 0 aliphatic rings. The van der Waals surface area contributed by atoms with Gasteiger partial charge >= 0.3 is 0 Å². The number of sulfonamides is 1. The van der Waals surface area contributed by atoms with Crippen molar-refractivity contribution in [2.45, 2.75) is 17.2 Å². The van der Waals surface area contributed by atoms with Crippen LogP contribution in [0.2, 0.25) is 0 Å². The molecule has 0 saturated heterocycles. The molecule has 1 aromatic heterocycles. The second kappa shape index (κ2) is 9.29. The molecule has 5 nitrogen and oxygen atoms in total. The Morgan fingerprint density at radius 3 is 1.90 bits per heavy atom. The summed E-state index contributed by atoms with van der Waals surface area (Å²) in [5, 5.41) is 4.38. The van der Waals surface area contributed by atoms with E-state index in [2.05, 4.69) is 34.1 Å². The number of rotatable bonds is 8. The highest BCUT2D eigenvalue weighted by Crippen LogP contribution is 2.28. The summed E-state index contributed by atoms with van der Waals surface area (Å²) in [6.07, 6.45) is 2.20. The van der Waals surface area contributed by atoms with Gasteiger partial charge in [0, 0.05) is 31.3 Å². The fourth-order valence-electron chi connectivity index (χ4n) is 3.77. The summed E-state index contributed by atoms with van der Waals surface area (Å²) in [7, 11) is -1.98. The molecule has 0 fully saturated rings. The van der Waals surface area contributed by atoms with Gasteiger partial charge in [-0.3, -0.25) is 4.68 Å². The molecule has 3 aromatic carbocycles. The van der Waals surface area contributed by atoms with Crippen molar-refractivity contribution in [1.82, 2.24) is 14.5 Å². The van der Waals surface area contributed by atoms with Crippen molar-refractivity contribution in [3.8, 4) is 11.3 Å². The molecule has 0 atom stereocenters. The predicted octanol–water partition coefficient (Wildman–Crippen LogP) is 4.59. The van der Waals surface area contributed by atoms with Crippen LogP contribution in [0.3, 0.4) is 0 Å². The fourth-order valence-corrected chi connectivity index (χ4v) is 5.02. The number of hydrogen-bond acceptors (Lipinski definition) is 3. The van der Waals surface area contributed by atoms with Gasteiger partial charge in [-0.25, -0.2) is 13.1 Å². The van der Waals surface area contributed by atoms with Crippen LogP contribution in [0.5, 0.6) is 0 Å². The van der Waals surface area contributed by atoms with Crippen LogP contribution < -0.4 is 4.72 Å². The average molecular weight is 432 g/mol. The molecular formula is C25H25N3O2S. The first-order valence-corrected chi connectivity index (χ1v) is 11.7. The SMILES string of the molecule is Cn1cc(S(=O)(=O)NCCC(c2ccccc2)c2ccccc2)c(-c2ccccc2)n1. The molecule has 0 spiro atoms. The van der Waals surface area contributed by atoms with Crippen LogP contribution in [0, 0.1) is 0 Å². The van der Waals surface area contributed by atoms with E-state index in [1.54, 1.807) is 13.2 Å². The summed E-state index contributed by atoms with van der Waals surface area (Å²) in [5.74, 6) is 0.104. The molecule has 1 heterocycles. The lowest BCUT2D eigenvalue weighted by Crippen LogP contribution is -2.26. The lowest BCUT2D eigenvalue weighted by atomic mass is 9.89. The summed E-state index contributed by atoms with van der Waals surface area (Å²) in [5.41, 5.74) is 3.56. The van der Waals surface area contributed by atoms with Crippen molar-refractivity contribution in [3.63, 3.8) is 0 Å². The second-order valence-corrected chi connectivity index (χ2v) is 9.18. The van der Waals surface area contributed by atoms with Crippen LogP contribution >= 0.6 is 0 Å². The number of aryl methyl sites for hydroxylation is 1. The number of nitrogens with one attached hydrogen (secondary N) is 1.